The minimum absolute atomic E-state index is 0.122. The summed E-state index contributed by atoms with van der Waals surface area (Å²) in [4.78, 5) is 30.1. The number of carboxylic acid groups (broad SMARTS) is 1. The van der Waals surface area contributed by atoms with Crippen molar-refractivity contribution in [1.29, 1.82) is 0 Å². The minimum atomic E-state index is -0.920. The Morgan fingerprint density at radius 3 is 2.47 bits per heavy atom. The highest BCUT2D eigenvalue weighted by molar-refractivity contribution is 5.93. The van der Waals surface area contributed by atoms with E-state index in [4.69, 9.17) is 5.11 Å². The molecule has 1 heterocycles. The Hall–Kier alpha value is -2.11. The lowest BCUT2D eigenvalue weighted by atomic mass is 10.2. The molecule has 0 unspecified atom stereocenters. The number of pyridine rings is 1. The fourth-order valence-corrected chi connectivity index (χ4v) is 1.74. The van der Waals surface area contributed by atoms with Crippen molar-refractivity contribution in [3.05, 3.63) is 24.0 Å². The van der Waals surface area contributed by atoms with Gasteiger partial charge in [-0.15, -0.1) is 0 Å². The van der Waals surface area contributed by atoms with E-state index in [0.717, 1.165) is 0 Å². The summed E-state index contributed by atoms with van der Waals surface area (Å²) < 4.78 is 0. The summed E-state index contributed by atoms with van der Waals surface area (Å²) in [6, 6.07) is 3.30. The van der Waals surface area contributed by atoms with Crippen molar-refractivity contribution in [2.75, 3.05) is 31.6 Å². The summed E-state index contributed by atoms with van der Waals surface area (Å²) in [5.74, 6) is -1.06. The number of nitrogens with zero attached hydrogens (tertiary/aromatic N) is 3. The van der Waals surface area contributed by atoms with Gasteiger partial charge in [0.2, 0.25) is 0 Å². The third-order valence-corrected chi connectivity index (χ3v) is 2.83. The summed E-state index contributed by atoms with van der Waals surface area (Å²) in [6.07, 6.45) is 1.52. The third kappa shape index (κ3) is 3.94. The number of aromatic nitrogens is 1. The number of carbonyl (C=O) groups is 2. The fourth-order valence-electron chi connectivity index (χ4n) is 1.74. The van der Waals surface area contributed by atoms with Crippen LogP contribution >= 0.6 is 0 Å². The van der Waals surface area contributed by atoms with Gasteiger partial charge in [-0.25, -0.2) is 0 Å². The van der Waals surface area contributed by atoms with Crippen LogP contribution in [-0.2, 0) is 4.79 Å². The number of aliphatic carboxylic acids is 1. The van der Waals surface area contributed by atoms with E-state index in [2.05, 4.69) is 4.98 Å². The Labute approximate surface area is 112 Å². The first kappa shape index (κ1) is 14.9. The zero-order chi connectivity index (χ0) is 14.4. The average molecular weight is 265 g/mol. The van der Waals surface area contributed by atoms with Gasteiger partial charge in [0.1, 0.15) is 12.2 Å². The normalized spacial score (nSPS) is 10.1. The fraction of sp³-hybridized carbons (Fsp3) is 0.462. The largest absolute Gasteiger partial charge is 0.480 e. The van der Waals surface area contributed by atoms with E-state index in [1.165, 1.54) is 6.20 Å². The van der Waals surface area contributed by atoms with Gasteiger partial charge in [-0.2, -0.15) is 0 Å². The standard InChI is InChI=1S/C13H19N3O3/c1-4-16(5-2)13(19)11-8-10(6-7-14-11)15(3)9-12(17)18/h6-8H,4-5,9H2,1-3H3,(H,17,18). The van der Waals surface area contributed by atoms with E-state index in [1.807, 2.05) is 13.8 Å². The molecule has 0 fully saturated rings. The van der Waals surface area contributed by atoms with Crippen molar-refractivity contribution < 1.29 is 14.7 Å². The average Bonchev–Trinajstić information content (AvgIpc) is 2.39. The molecule has 1 N–H and O–H groups in total. The molecule has 1 aromatic heterocycles. The molecule has 0 saturated heterocycles. The lowest BCUT2D eigenvalue weighted by molar-refractivity contribution is -0.135. The topological polar surface area (TPSA) is 73.7 Å². The van der Waals surface area contributed by atoms with E-state index in [0.29, 0.717) is 24.5 Å². The molecule has 1 aromatic rings. The molecule has 1 rings (SSSR count). The smallest absolute Gasteiger partial charge is 0.323 e. The molecule has 0 aliphatic rings. The number of carboxylic acids is 1. The third-order valence-electron chi connectivity index (χ3n) is 2.83. The number of likely N-dealkylation sites (N-methyl/N-ethyl adjacent to an activating group) is 1. The van der Waals surface area contributed by atoms with Gasteiger partial charge in [-0.05, 0) is 26.0 Å². The molecule has 19 heavy (non-hydrogen) atoms. The predicted molar refractivity (Wildman–Crippen MR) is 72.4 cm³/mol. The highest BCUT2D eigenvalue weighted by Crippen LogP contribution is 2.14. The Bertz CT molecular complexity index is 458. The maximum atomic E-state index is 12.1. The molecule has 0 bridgehead atoms. The Balaban J connectivity index is 2.93. The quantitative estimate of drug-likeness (QED) is 0.833. The van der Waals surface area contributed by atoms with Crippen LogP contribution in [0.25, 0.3) is 0 Å². The maximum absolute atomic E-state index is 12.1. The van der Waals surface area contributed by atoms with Gasteiger partial charge >= 0.3 is 5.97 Å². The van der Waals surface area contributed by atoms with Gasteiger partial charge in [-0.3, -0.25) is 14.6 Å². The molecular formula is C13H19N3O3. The zero-order valence-electron chi connectivity index (χ0n) is 11.5. The SMILES string of the molecule is CCN(CC)C(=O)c1cc(N(C)CC(=O)O)ccn1. The zero-order valence-corrected chi connectivity index (χ0v) is 11.5. The van der Waals surface area contributed by atoms with Crippen LogP contribution in [0.5, 0.6) is 0 Å². The molecule has 6 heteroatoms. The van der Waals surface area contributed by atoms with Gasteiger partial charge < -0.3 is 14.9 Å². The van der Waals surface area contributed by atoms with Crippen LogP contribution in [0.4, 0.5) is 5.69 Å². The predicted octanol–water partition coefficient (Wildman–Crippen LogP) is 1.08. The van der Waals surface area contributed by atoms with Gasteiger partial charge in [0.05, 0.1) is 0 Å². The lowest BCUT2D eigenvalue weighted by Gasteiger charge is -2.20. The van der Waals surface area contributed by atoms with E-state index in [9.17, 15) is 9.59 Å². The van der Waals surface area contributed by atoms with Crippen molar-refractivity contribution in [3.63, 3.8) is 0 Å². The second-order valence-electron chi connectivity index (χ2n) is 4.13. The van der Waals surface area contributed by atoms with E-state index in [1.54, 1.807) is 29.0 Å². The number of anilines is 1. The number of hydrogen-bond donors (Lipinski definition) is 1. The second-order valence-corrected chi connectivity index (χ2v) is 4.13. The summed E-state index contributed by atoms with van der Waals surface area (Å²) in [6.45, 7) is 4.92. The Morgan fingerprint density at radius 1 is 1.32 bits per heavy atom. The molecule has 6 nitrogen and oxygen atoms in total. The summed E-state index contributed by atoms with van der Waals surface area (Å²) >= 11 is 0. The Kier molecular flexibility index (Phi) is 5.29. The molecular weight excluding hydrogens is 246 g/mol. The van der Waals surface area contributed by atoms with E-state index in [-0.39, 0.29) is 12.5 Å². The summed E-state index contributed by atoms with van der Waals surface area (Å²) in [5, 5.41) is 8.76. The molecule has 0 spiro atoms. The first-order valence-electron chi connectivity index (χ1n) is 6.17. The van der Waals surface area contributed by atoms with Gasteiger partial charge in [0.15, 0.2) is 0 Å². The molecule has 0 aliphatic carbocycles. The van der Waals surface area contributed by atoms with Crippen molar-refractivity contribution >= 4 is 17.6 Å². The van der Waals surface area contributed by atoms with Crippen molar-refractivity contribution in [1.82, 2.24) is 9.88 Å². The second kappa shape index (κ2) is 6.72. The molecule has 104 valence electrons. The van der Waals surface area contributed by atoms with Crippen LogP contribution in [0.2, 0.25) is 0 Å². The minimum Gasteiger partial charge on any atom is -0.480 e. The monoisotopic (exact) mass is 265 g/mol. The van der Waals surface area contributed by atoms with Crippen LogP contribution in [0.15, 0.2) is 18.3 Å². The summed E-state index contributed by atoms with van der Waals surface area (Å²) in [7, 11) is 1.66. The first-order chi connectivity index (χ1) is 8.99. The van der Waals surface area contributed by atoms with Crippen LogP contribution in [0.1, 0.15) is 24.3 Å². The van der Waals surface area contributed by atoms with E-state index < -0.39 is 5.97 Å². The van der Waals surface area contributed by atoms with Crippen LogP contribution in [0, 0.1) is 0 Å². The highest BCUT2D eigenvalue weighted by Gasteiger charge is 2.15. The van der Waals surface area contributed by atoms with Crippen molar-refractivity contribution in [3.8, 4) is 0 Å². The number of hydrogen-bond acceptors (Lipinski definition) is 4. The van der Waals surface area contributed by atoms with Gasteiger partial charge in [0, 0.05) is 32.0 Å². The van der Waals surface area contributed by atoms with Crippen molar-refractivity contribution in [2.45, 2.75) is 13.8 Å². The number of rotatable bonds is 6. The molecule has 0 saturated carbocycles. The highest BCUT2D eigenvalue weighted by atomic mass is 16.4. The van der Waals surface area contributed by atoms with Crippen LogP contribution < -0.4 is 4.90 Å². The first-order valence-corrected chi connectivity index (χ1v) is 6.17. The van der Waals surface area contributed by atoms with Crippen LogP contribution in [0.3, 0.4) is 0 Å². The van der Waals surface area contributed by atoms with Gasteiger partial charge in [0.25, 0.3) is 5.91 Å². The Morgan fingerprint density at radius 2 is 1.95 bits per heavy atom. The van der Waals surface area contributed by atoms with Gasteiger partial charge in [-0.1, -0.05) is 0 Å². The maximum Gasteiger partial charge on any atom is 0.323 e. The molecule has 0 radical (unpaired) electrons. The molecule has 0 aromatic carbocycles. The van der Waals surface area contributed by atoms with Crippen LogP contribution in [-0.4, -0.2) is 53.5 Å². The number of carbonyl (C=O) groups excluding carboxylic acids is 1. The summed E-state index contributed by atoms with van der Waals surface area (Å²) in [5.41, 5.74) is 0.992. The molecule has 0 atom stereocenters. The lowest BCUT2D eigenvalue weighted by Crippen LogP contribution is -2.31. The van der Waals surface area contributed by atoms with E-state index >= 15 is 0 Å². The molecule has 0 aliphatic heterocycles. The van der Waals surface area contributed by atoms with Crippen molar-refractivity contribution in [2.24, 2.45) is 0 Å². The molecule has 1 amide bonds. The number of amides is 1.